The molecular weight excluding hydrogens is 166 g/mol. The molecule has 0 amide bonds. The van der Waals surface area contributed by atoms with Crippen molar-refractivity contribution in [2.24, 2.45) is 11.7 Å². The standard InChI is InChI=1S/C10H20NO2/c1-6-7(2)8(11)9(12)13-10(3,4)5/h7-8H,1,6,11H2,2-5H3. The second-order valence-corrected chi connectivity index (χ2v) is 4.33. The van der Waals surface area contributed by atoms with Gasteiger partial charge < -0.3 is 10.5 Å². The van der Waals surface area contributed by atoms with Crippen LogP contribution in [0.1, 0.15) is 34.1 Å². The van der Waals surface area contributed by atoms with Crippen LogP contribution in [0.3, 0.4) is 0 Å². The smallest absolute Gasteiger partial charge is 0.323 e. The summed E-state index contributed by atoms with van der Waals surface area (Å²) in [5.41, 5.74) is 5.20. The Morgan fingerprint density at radius 3 is 2.31 bits per heavy atom. The monoisotopic (exact) mass is 186 g/mol. The van der Waals surface area contributed by atoms with E-state index in [1.54, 1.807) is 0 Å². The summed E-state index contributed by atoms with van der Waals surface area (Å²) in [7, 11) is 0. The van der Waals surface area contributed by atoms with Gasteiger partial charge in [-0.2, -0.15) is 0 Å². The first-order valence-electron chi connectivity index (χ1n) is 4.55. The van der Waals surface area contributed by atoms with Gasteiger partial charge in [-0.05, 0) is 33.1 Å². The Balaban J connectivity index is 4.12. The zero-order valence-corrected chi connectivity index (χ0v) is 8.96. The summed E-state index contributed by atoms with van der Waals surface area (Å²) < 4.78 is 5.13. The highest BCUT2D eigenvalue weighted by Gasteiger charge is 2.25. The maximum absolute atomic E-state index is 11.4. The fourth-order valence-electron chi connectivity index (χ4n) is 0.782. The summed E-state index contributed by atoms with van der Waals surface area (Å²) >= 11 is 0. The summed E-state index contributed by atoms with van der Waals surface area (Å²) in [5.74, 6) is -0.279. The molecule has 2 unspecified atom stereocenters. The third kappa shape index (κ3) is 4.88. The zero-order valence-electron chi connectivity index (χ0n) is 8.96. The molecule has 0 aromatic rings. The number of hydrogen-bond acceptors (Lipinski definition) is 3. The quantitative estimate of drug-likeness (QED) is 0.680. The van der Waals surface area contributed by atoms with Crippen molar-refractivity contribution in [3.63, 3.8) is 0 Å². The van der Waals surface area contributed by atoms with Crippen LogP contribution in [0.5, 0.6) is 0 Å². The van der Waals surface area contributed by atoms with Crippen molar-refractivity contribution in [3.05, 3.63) is 6.92 Å². The Morgan fingerprint density at radius 1 is 1.54 bits per heavy atom. The van der Waals surface area contributed by atoms with E-state index in [1.807, 2.05) is 27.7 Å². The van der Waals surface area contributed by atoms with Crippen molar-refractivity contribution in [2.45, 2.75) is 45.8 Å². The normalized spacial score (nSPS) is 16.5. The Hall–Kier alpha value is -0.570. The predicted octanol–water partition coefficient (Wildman–Crippen LogP) is 1.52. The van der Waals surface area contributed by atoms with Gasteiger partial charge in [-0.25, -0.2) is 0 Å². The summed E-state index contributed by atoms with van der Waals surface area (Å²) in [6.45, 7) is 11.1. The van der Waals surface area contributed by atoms with Crippen LogP contribution < -0.4 is 5.73 Å². The predicted molar refractivity (Wildman–Crippen MR) is 53.0 cm³/mol. The first-order chi connectivity index (χ1) is 5.78. The lowest BCUT2D eigenvalue weighted by atomic mass is 10.00. The SMILES string of the molecule is [CH2]CC(C)C(N)C(=O)OC(C)(C)C. The largest absolute Gasteiger partial charge is 0.459 e. The topological polar surface area (TPSA) is 52.3 Å². The van der Waals surface area contributed by atoms with Crippen LogP contribution in [0.4, 0.5) is 0 Å². The minimum Gasteiger partial charge on any atom is -0.459 e. The highest BCUT2D eigenvalue weighted by Crippen LogP contribution is 2.12. The van der Waals surface area contributed by atoms with E-state index >= 15 is 0 Å². The van der Waals surface area contributed by atoms with E-state index in [4.69, 9.17) is 10.5 Å². The van der Waals surface area contributed by atoms with Gasteiger partial charge in [0.2, 0.25) is 0 Å². The fraction of sp³-hybridized carbons (Fsp3) is 0.800. The van der Waals surface area contributed by atoms with Crippen molar-refractivity contribution in [3.8, 4) is 0 Å². The highest BCUT2D eigenvalue weighted by molar-refractivity contribution is 5.76. The number of carbonyl (C=O) groups excluding carboxylic acids is 1. The third-order valence-corrected chi connectivity index (χ3v) is 1.75. The summed E-state index contributed by atoms with van der Waals surface area (Å²) in [6, 6.07) is -0.559. The van der Waals surface area contributed by atoms with Crippen molar-refractivity contribution in [1.82, 2.24) is 0 Å². The molecular formula is C10H20NO2. The first kappa shape index (κ1) is 12.4. The molecule has 13 heavy (non-hydrogen) atoms. The van der Waals surface area contributed by atoms with E-state index in [0.717, 1.165) is 0 Å². The second-order valence-electron chi connectivity index (χ2n) is 4.33. The van der Waals surface area contributed by atoms with Crippen molar-refractivity contribution in [1.29, 1.82) is 0 Å². The van der Waals surface area contributed by atoms with E-state index in [0.29, 0.717) is 6.42 Å². The van der Waals surface area contributed by atoms with Crippen LogP contribution in [0.15, 0.2) is 0 Å². The first-order valence-corrected chi connectivity index (χ1v) is 4.55. The molecule has 0 spiro atoms. The Morgan fingerprint density at radius 2 is 2.00 bits per heavy atom. The lowest BCUT2D eigenvalue weighted by molar-refractivity contribution is -0.157. The van der Waals surface area contributed by atoms with Crippen molar-refractivity contribution < 1.29 is 9.53 Å². The molecule has 0 aliphatic carbocycles. The lowest BCUT2D eigenvalue weighted by Gasteiger charge is -2.24. The zero-order chi connectivity index (χ0) is 10.6. The fourth-order valence-corrected chi connectivity index (χ4v) is 0.782. The number of hydrogen-bond donors (Lipinski definition) is 1. The molecule has 0 saturated carbocycles. The molecule has 0 rings (SSSR count). The summed E-state index contributed by atoms with van der Waals surface area (Å²) in [4.78, 5) is 11.4. The summed E-state index contributed by atoms with van der Waals surface area (Å²) in [6.07, 6.45) is 0.639. The van der Waals surface area contributed by atoms with Gasteiger partial charge in [-0.15, -0.1) is 0 Å². The summed E-state index contributed by atoms with van der Waals surface area (Å²) in [5, 5.41) is 0. The molecule has 0 aliphatic rings. The molecule has 0 heterocycles. The van der Waals surface area contributed by atoms with E-state index in [-0.39, 0.29) is 11.9 Å². The van der Waals surface area contributed by atoms with Crippen LogP contribution in [0.25, 0.3) is 0 Å². The van der Waals surface area contributed by atoms with Gasteiger partial charge in [0.15, 0.2) is 0 Å². The lowest BCUT2D eigenvalue weighted by Crippen LogP contribution is -2.41. The van der Waals surface area contributed by atoms with Gasteiger partial charge >= 0.3 is 5.97 Å². The Bertz CT molecular complexity index is 172. The number of carbonyl (C=O) groups is 1. The molecule has 77 valence electrons. The van der Waals surface area contributed by atoms with E-state index in [1.165, 1.54) is 0 Å². The van der Waals surface area contributed by atoms with Crippen LogP contribution in [-0.4, -0.2) is 17.6 Å². The molecule has 3 heteroatoms. The molecule has 0 aliphatic heterocycles. The van der Waals surface area contributed by atoms with Crippen molar-refractivity contribution >= 4 is 5.97 Å². The van der Waals surface area contributed by atoms with Gasteiger partial charge in [0.1, 0.15) is 11.6 Å². The van der Waals surface area contributed by atoms with Gasteiger partial charge in [0.05, 0.1) is 0 Å². The van der Waals surface area contributed by atoms with Crippen LogP contribution in [0, 0.1) is 12.8 Å². The number of rotatable bonds is 3. The minimum absolute atomic E-state index is 0.0647. The number of esters is 1. The molecule has 0 saturated heterocycles. The van der Waals surface area contributed by atoms with Gasteiger partial charge in [0.25, 0.3) is 0 Å². The number of ether oxygens (including phenoxy) is 1. The van der Waals surface area contributed by atoms with E-state index in [9.17, 15) is 4.79 Å². The second kappa shape index (κ2) is 4.61. The van der Waals surface area contributed by atoms with Crippen molar-refractivity contribution in [2.75, 3.05) is 0 Å². The molecule has 0 aromatic heterocycles. The average molecular weight is 186 g/mol. The van der Waals surface area contributed by atoms with Gasteiger partial charge in [0, 0.05) is 0 Å². The highest BCUT2D eigenvalue weighted by atomic mass is 16.6. The van der Waals surface area contributed by atoms with E-state index in [2.05, 4.69) is 6.92 Å². The molecule has 2 N–H and O–H groups in total. The molecule has 3 nitrogen and oxygen atoms in total. The molecule has 1 radical (unpaired) electrons. The minimum atomic E-state index is -0.559. The maximum atomic E-state index is 11.4. The Kier molecular flexibility index (Phi) is 4.40. The maximum Gasteiger partial charge on any atom is 0.323 e. The van der Waals surface area contributed by atoms with Crippen LogP contribution >= 0.6 is 0 Å². The molecule has 2 atom stereocenters. The van der Waals surface area contributed by atoms with Crippen LogP contribution in [0.2, 0.25) is 0 Å². The number of nitrogens with two attached hydrogens (primary N) is 1. The van der Waals surface area contributed by atoms with E-state index < -0.39 is 11.6 Å². The molecule has 0 bridgehead atoms. The average Bonchev–Trinajstić information content (AvgIpc) is 1.98. The molecule has 0 fully saturated rings. The Labute approximate surface area is 80.6 Å². The van der Waals surface area contributed by atoms with Gasteiger partial charge in [-0.3, -0.25) is 4.79 Å². The molecule has 0 aromatic carbocycles. The third-order valence-electron chi connectivity index (χ3n) is 1.75. The van der Waals surface area contributed by atoms with Gasteiger partial charge in [-0.1, -0.05) is 13.8 Å². The van der Waals surface area contributed by atoms with Crippen LogP contribution in [-0.2, 0) is 9.53 Å².